The Kier molecular flexibility index (Phi) is 5.22. The molecule has 2 rings (SSSR count). The van der Waals surface area contributed by atoms with Crippen LogP contribution in [0.3, 0.4) is 0 Å². The Hall–Kier alpha value is -2.03. The second-order valence-corrected chi connectivity index (χ2v) is 6.07. The lowest BCUT2D eigenvalue weighted by Gasteiger charge is -2.25. The summed E-state index contributed by atoms with van der Waals surface area (Å²) in [4.78, 5) is 28.7. The third kappa shape index (κ3) is 4.28. The molecule has 1 heterocycles. The number of hydrogen-bond donors (Lipinski definition) is 2. The number of guanidine groups is 1. The lowest BCUT2D eigenvalue weighted by atomic mass is 9.89. The number of hydrogen-bond acceptors (Lipinski definition) is 2. The molecule has 2 unspecified atom stereocenters. The van der Waals surface area contributed by atoms with Crippen LogP contribution in [0.25, 0.3) is 0 Å². The summed E-state index contributed by atoms with van der Waals surface area (Å²) in [5.74, 6) is -2.26. The quantitative estimate of drug-likeness (QED) is 0.581. The van der Waals surface area contributed by atoms with Gasteiger partial charge < -0.3 is 16.4 Å². The SMILES string of the molecule is NC(N)=NC(=O)CC1C2=CC=C(Cl)CC2C(=O)N1CCC(F)(F)F. The van der Waals surface area contributed by atoms with Crippen molar-refractivity contribution in [2.45, 2.75) is 31.5 Å². The van der Waals surface area contributed by atoms with Gasteiger partial charge in [-0.15, -0.1) is 0 Å². The summed E-state index contributed by atoms with van der Waals surface area (Å²) in [5.41, 5.74) is 10.8. The van der Waals surface area contributed by atoms with Crippen LogP contribution >= 0.6 is 11.6 Å². The molecule has 1 saturated heterocycles. The van der Waals surface area contributed by atoms with Crippen LogP contribution in [0.2, 0.25) is 0 Å². The number of fused-ring (bicyclic) bond motifs is 1. The van der Waals surface area contributed by atoms with Crippen molar-refractivity contribution in [3.8, 4) is 0 Å². The fourth-order valence-electron chi connectivity index (χ4n) is 2.89. The Balaban J connectivity index is 2.25. The number of halogens is 4. The van der Waals surface area contributed by atoms with Crippen molar-refractivity contribution in [3.63, 3.8) is 0 Å². The molecule has 6 nitrogen and oxygen atoms in total. The van der Waals surface area contributed by atoms with Crippen LogP contribution in [-0.4, -0.2) is 41.4 Å². The standard InChI is InChI=1S/C14H16ClF3N4O2/c15-7-1-2-8-9(5-7)12(24)22(4-3-14(16,17)18)10(8)6-11(23)21-13(19)20/h1-2,9-10H,3-6H2,(H4,19,20,21,23). The summed E-state index contributed by atoms with van der Waals surface area (Å²) in [6.07, 6.45) is -2.49. The zero-order chi connectivity index (χ0) is 18.1. The van der Waals surface area contributed by atoms with Gasteiger partial charge in [0.05, 0.1) is 24.8 Å². The molecule has 0 saturated carbocycles. The van der Waals surface area contributed by atoms with Crippen LogP contribution in [0, 0.1) is 5.92 Å². The number of nitrogens with zero attached hydrogens (tertiary/aromatic N) is 2. The molecule has 24 heavy (non-hydrogen) atoms. The smallest absolute Gasteiger partial charge is 0.370 e. The van der Waals surface area contributed by atoms with Crippen molar-refractivity contribution in [1.29, 1.82) is 0 Å². The van der Waals surface area contributed by atoms with Gasteiger partial charge in [0.15, 0.2) is 5.96 Å². The van der Waals surface area contributed by atoms with Gasteiger partial charge in [-0.05, 0) is 18.1 Å². The molecule has 1 aliphatic heterocycles. The molecule has 2 aliphatic rings. The molecule has 0 spiro atoms. The first-order chi connectivity index (χ1) is 11.1. The van der Waals surface area contributed by atoms with E-state index in [4.69, 9.17) is 23.1 Å². The highest BCUT2D eigenvalue weighted by Gasteiger charge is 2.46. The van der Waals surface area contributed by atoms with Crippen molar-refractivity contribution in [1.82, 2.24) is 4.90 Å². The summed E-state index contributed by atoms with van der Waals surface area (Å²) < 4.78 is 37.6. The van der Waals surface area contributed by atoms with E-state index in [0.29, 0.717) is 10.6 Å². The van der Waals surface area contributed by atoms with Crippen molar-refractivity contribution in [3.05, 3.63) is 22.8 Å². The van der Waals surface area contributed by atoms with Gasteiger partial charge in [0, 0.05) is 11.6 Å². The summed E-state index contributed by atoms with van der Waals surface area (Å²) in [6.45, 7) is -0.534. The zero-order valence-electron chi connectivity index (χ0n) is 12.5. The number of likely N-dealkylation sites (tertiary alicyclic amines) is 1. The predicted octanol–water partition coefficient (Wildman–Crippen LogP) is 1.41. The highest BCUT2D eigenvalue weighted by molar-refractivity contribution is 6.30. The van der Waals surface area contributed by atoms with Gasteiger partial charge in [-0.3, -0.25) is 9.59 Å². The molecule has 0 bridgehead atoms. The van der Waals surface area contributed by atoms with E-state index in [0.717, 1.165) is 4.90 Å². The van der Waals surface area contributed by atoms with E-state index >= 15 is 0 Å². The van der Waals surface area contributed by atoms with E-state index in [-0.39, 0.29) is 12.8 Å². The van der Waals surface area contributed by atoms with Gasteiger partial charge in [-0.1, -0.05) is 17.7 Å². The highest BCUT2D eigenvalue weighted by Crippen LogP contribution is 2.40. The van der Waals surface area contributed by atoms with Crippen LogP contribution in [-0.2, 0) is 9.59 Å². The van der Waals surface area contributed by atoms with E-state index in [2.05, 4.69) is 4.99 Å². The molecule has 10 heteroatoms. The fourth-order valence-corrected chi connectivity index (χ4v) is 3.10. The molecular weight excluding hydrogens is 349 g/mol. The first-order valence-electron chi connectivity index (χ1n) is 7.14. The molecule has 0 aromatic heterocycles. The molecule has 2 amide bonds. The Morgan fingerprint density at radius 1 is 1.38 bits per heavy atom. The van der Waals surface area contributed by atoms with Gasteiger partial charge in [0.25, 0.3) is 5.91 Å². The van der Waals surface area contributed by atoms with Gasteiger partial charge in [-0.2, -0.15) is 18.2 Å². The maximum absolute atomic E-state index is 12.5. The Bertz CT molecular complexity index is 638. The maximum Gasteiger partial charge on any atom is 0.390 e. The van der Waals surface area contributed by atoms with Crippen LogP contribution < -0.4 is 11.5 Å². The monoisotopic (exact) mass is 364 g/mol. The van der Waals surface area contributed by atoms with Crippen molar-refractivity contribution in [2.24, 2.45) is 22.4 Å². The molecule has 4 N–H and O–H groups in total. The number of carbonyl (C=O) groups excluding carboxylic acids is 2. The first kappa shape index (κ1) is 18.3. The molecule has 0 radical (unpaired) electrons. The number of carbonyl (C=O) groups is 2. The van der Waals surface area contributed by atoms with Gasteiger partial charge in [0.1, 0.15) is 0 Å². The minimum absolute atomic E-state index is 0.210. The summed E-state index contributed by atoms with van der Waals surface area (Å²) in [6, 6.07) is -0.804. The van der Waals surface area contributed by atoms with Crippen molar-refractivity contribution >= 4 is 29.4 Å². The zero-order valence-corrected chi connectivity index (χ0v) is 13.3. The first-order valence-corrected chi connectivity index (χ1v) is 7.52. The predicted molar refractivity (Wildman–Crippen MR) is 81.7 cm³/mol. The largest absolute Gasteiger partial charge is 0.390 e. The van der Waals surface area contributed by atoms with E-state index in [9.17, 15) is 22.8 Å². The Morgan fingerprint density at radius 2 is 2.04 bits per heavy atom. The molecule has 0 aromatic rings. The van der Waals surface area contributed by atoms with E-state index in [1.807, 2.05) is 0 Å². The normalized spacial score (nSPS) is 23.5. The molecule has 1 fully saturated rings. The second kappa shape index (κ2) is 6.84. The number of nitrogens with two attached hydrogens (primary N) is 2. The number of rotatable bonds is 4. The minimum atomic E-state index is -4.41. The molecule has 1 aliphatic carbocycles. The lowest BCUT2D eigenvalue weighted by Crippen LogP contribution is -2.38. The third-order valence-corrected chi connectivity index (χ3v) is 4.14. The van der Waals surface area contributed by atoms with E-state index in [1.165, 1.54) is 0 Å². The number of alkyl halides is 3. The molecule has 2 atom stereocenters. The van der Waals surface area contributed by atoms with E-state index in [1.54, 1.807) is 12.2 Å². The summed E-state index contributed by atoms with van der Waals surface area (Å²) >= 11 is 5.91. The number of allylic oxidation sites excluding steroid dienone is 3. The third-order valence-electron chi connectivity index (χ3n) is 3.86. The van der Waals surface area contributed by atoms with Crippen LogP contribution in [0.4, 0.5) is 13.2 Å². The molecule has 0 aromatic carbocycles. The van der Waals surface area contributed by atoms with Gasteiger partial charge >= 0.3 is 6.18 Å². The number of aliphatic imine (C=N–C) groups is 1. The summed E-state index contributed by atoms with van der Waals surface area (Å²) in [7, 11) is 0. The van der Waals surface area contributed by atoms with Gasteiger partial charge in [-0.25, -0.2) is 0 Å². The van der Waals surface area contributed by atoms with E-state index < -0.39 is 48.9 Å². The van der Waals surface area contributed by atoms with Crippen molar-refractivity contribution < 1.29 is 22.8 Å². The number of amides is 2. The fraction of sp³-hybridized carbons (Fsp3) is 0.500. The Morgan fingerprint density at radius 3 is 2.62 bits per heavy atom. The average Bonchev–Trinajstić information content (AvgIpc) is 2.67. The average molecular weight is 365 g/mol. The Labute approximate surface area is 141 Å². The van der Waals surface area contributed by atoms with Crippen molar-refractivity contribution in [2.75, 3.05) is 6.54 Å². The van der Waals surface area contributed by atoms with Crippen LogP contribution in [0.5, 0.6) is 0 Å². The maximum atomic E-state index is 12.5. The topological polar surface area (TPSA) is 102 Å². The highest BCUT2D eigenvalue weighted by atomic mass is 35.5. The second-order valence-electron chi connectivity index (χ2n) is 5.58. The summed E-state index contributed by atoms with van der Waals surface area (Å²) in [5, 5.41) is 0.434. The minimum Gasteiger partial charge on any atom is -0.370 e. The molecule has 132 valence electrons. The van der Waals surface area contributed by atoms with Crippen LogP contribution in [0.1, 0.15) is 19.3 Å². The lowest BCUT2D eigenvalue weighted by molar-refractivity contribution is -0.145. The van der Waals surface area contributed by atoms with Crippen LogP contribution in [0.15, 0.2) is 27.7 Å². The molecular formula is C14H16ClF3N4O2. The van der Waals surface area contributed by atoms with Gasteiger partial charge in [0.2, 0.25) is 5.91 Å².